The molecule has 3 heterocycles. The molecule has 1 N–H and O–H groups in total. The van der Waals surface area contributed by atoms with E-state index in [9.17, 15) is 14.0 Å². The van der Waals surface area contributed by atoms with Crippen molar-refractivity contribution in [3.05, 3.63) is 93.5 Å². The lowest BCUT2D eigenvalue weighted by Crippen LogP contribution is -2.38. The van der Waals surface area contributed by atoms with Crippen LogP contribution in [0.5, 0.6) is 0 Å². The number of anilines is 1. The van der Waals surface area contributed by atoms with Crippen LogP contribution in [0.3, 0.4) is 0 Å². The molecule has 1 fully saturated rings. The van der Waals surface area contributed by atoms with Crippen molar-refractivity contribution in [2.75, 3.05) is 25.0 Å². The van der Waals surface area contributed by atoms with E-state index in [0.717, 1.165) is 53.4 Å². The highest BCUT2D eigenvalue weighted by Crippen LogP contribution is 2.38. The summed E-state index contributed by atoms with van der Waals surface area (Å²) in [7, 11) is 0. The molecule has 1 aliphatic rings. The monoisotopic (exact) mass is 489 g/mol. The summed E-state index contributed by atoms with van der Waals surface area (Å²) in [5.74, 6) is -0.512. The fraction of sp³-hybridized carbons (Fsp3) is 0.286. The van der Waals surface area contributed by atoms with E-state index in [0.29, 0.717) is 16.7 Å². The number of carbonyl (C=O) groups excluding carboxylic acids is 1. The largest absolute Gasteiger partial charge is 0.373 e. The third-order valence-corrected chi connectivity index (χ3v) is 7.90. The van der Waals surface area contributed by atoms with Crippen molar-refractivity contribution in [1.82, 2.24) is 9.47 Å². The number of likely N-dealkylation sites (tertiary alicyclic amines) is 1. The zero-order valence-corrected chi connectivity index (χ0v) is 20.7. The van der Waals surface area contributed by atoms with Gasteiger partial charge in [0.1, 0.15) is 15.6 Å². The van der Waals surface area contributed by atoms with Gasteiger partial charge >= 0.3 is 0 Å². The molecule has 1 aliphatic heterocycles. The number of benzene rings is 2. The van der Waals surface area contributed by atoms with Gasteiger partial charge in [-0.3, -0.25) is 14.2 Å². The molecule has 0 radical (unpaired) electrons. The fourth-order valence-electron chi connectivity index (χ4n) is 4.74. The van der Waals surface area contributed by atoms with Gasteiger partial charge in [0, 0.05) is 36.1 Å². The highest BCUT2D eigenvalue weighted by atomic mass is 32.1. The second-order valence-corrected chi connectivity index (χ2v) is 10.0. The average molecular weight is 490 g/mol. The van der Waals surface area contributed by atoms with Gasteiger partial charge in [0.05, 0.1) is 11.3 Å². The minimum Gasteiger partial charge on any atom is -0.373 e. The average Bonchev–Trinajstić information content (AvgIpc) is 3.23. The number of halogens is 1. The summed E-state index contributed by atoms with van der Waals surface area (Å²) in [4.78, 5) is 29.9. The number of rotatable bonds is 6. The number of carbonyl (C=O) groups is 1. The number of nitrogens with zero attached hydrogens (tertiary/aromatic N) is 2. The summed E-state index contributed by atoms with van der Waals surface area (Å²) in [6.07, 6.45) is 1.97. The number of para-hydroxylation sites is 1. The molecular weight excluding hydrogens is 461 g/mol. The molecule has 7 heteroatoms. The smallest absolute Gasteiger partial charge is 0.256 e. The van der Waals surface area contributed by atoms with E-state index in [2.05, 4.69) is 17.1 Å². The molecule has 4 aromatic rings. The summed E-state index contributed by atoms with van der Waals surface area (Å²) in [6, 6.07) is 17.4. The van der Waals surface area contributed by atoms with E-state index in [1.54, 1.807) is 23.6 Å². The maximum absolute atomic E-state index is 13.9. The molecule has 5 rings (SSSR count). The van der Waals surface area contributed by atoms with Crippen molar-refractivity contribution < 1.29 is 9.18 Å². The Morgan fingerprint density at radius 1 is 1.09 bits per heavy atom. The number of aryl methyl sites for hydroxylation is 1. The lowest BCUT2D eigenvalue weighted by Gasteiger charge is -2.31. The predicted octanol–water partition coefficient (Wildman–Crippen LogP) is 5.63. The van der Waals surface area contributed by atoms with Crippen LogP contribution >= 0.6 is 11.3 Å². The Morgan fingerprint density at radius 2 is 1.83 bits per heavy atom. The second-order valence-electron chi connectivity index (χ2n) is 9.01. The Hall–Kier alpha value is -3.29. The molecule has 0 atom stereocenters. The number of hydrogen-bond acceptors (Lipinski definition) is 5. The van der Waals surface area contributed by atoms with E-state index < -0.39 is 0 Å². The van der Waals surface area contributed by atoms with E-state index in [-0.39, 0.29) is 23.2 Å². The molecule has 0 saturated carbocycles. The van der Waals surface area contributed by atoms with Gasteiger partial charge in [0.15, 0.2) is 5.78 Å². The lowest BCUT2D eigenvalue weighted by molar-refractivity contribution is 0.104. The maximum Gasteiger partial charge on any atom is 0.256 e. The number of thiophene rings is 1. The van der Waals surface area contributed by atoms with E-state index in [1.807, 2.05) is 30.3 Å². The first kappa shape index (κ1) is 23.5. The summed E-state index contributed by atoms with van der Waals surface area (Å²) < 4.78 is 15.6. The lowest BCUT2D eigenvalue weighted by atomic mass is 9.99. The number of nitrogens with one attached hydrogen (secondary N) is 1. The third-order valence-electron chi connectivity index (χ3n) is 6.77. The Kier molecular flexibility index (Phi) is 6.54. The highest BCUT2D eigenvalue weighted by Gasteiger charge is 2.26. The molecule has 2 aromatic heterocycles. The minimum atomic E-state index is -0.337. The van der Waals surface area contributed by atoms with Crippen LogP contribution in [-0.4, -0.2) is 40.9 Å². The zero-order valence-electron chi connectivity index (χ0n) is 19.9. The van der Waals surface area contributed by atoms with Crippen LogP contribution in [0, 0.1) is 12.7 Å². The molecular formula is C28H28FN3O2S. The number of piperidine rings is 1. The van der Waals surface area contributed by atoms with Gasteiger partial charge in [-0.25, -0.2) is 4.39 Å². The van der Waals surface area contributed by atoms with Crippen molar-refractivity contribution in [3.8, 4) is 5.69 Å². The van der Waals surface area contributed by atoms with E-state index in [4.69, 9.17) is 0 Å². The van der Waals surface area contributed by atoms with E-state index >= 15 is 0 Å². The molecule has 35 heavy (non-hydrogen) atoms. The standard InChI is InChI=1S/C28H28FN3O2S/c1-3-31-15-13-20(14-16-31)30-27-25(26(34)19-9-11-23(29)18(2)17-19)22-10-12-24(33)32(28(22)35-27)21-7-5-4-6-8-21/h4-12,17,20,30H,3,13-16H2,1-2H3. The topological polar surface area (TPSA) is 54.3 Å². The first-order chi connectivity index (χ1) is 17.0. The van der Waals surface area contributed by atoms with Crippen LogP contribution in [0.2, 0.25) is 0 Å². The normalized spacial score (nSPS) is 14.9. The van der Waals surface area contributed by atoms with Crippen LogP contribution in [-0.2, 0) is 0 Å². The van der Waals surface area contributed by atoms with Crippen LogP contribution in [0.25, 0.3) is 15.9 Å². The summed E-state index contributed by atoms with van der Waals surface area (Å²) in [5.41, 5.74) is 2.01. The molecule has 0 amide bonds. The van der Waals surface area contributed by atoms with Gasteiger partial charge in [-0.1, -0.05) is 36.5 Å². The molecule has 0 spiro atoms. The molecule has 0 unspecified atom stereocenters. The van der Waals surface area contributed by atoms with Crippen LogP contribution in [0.15, 0.2) is 65.5 Å². The first-order valence-electron chi connectivity index (χ1n) is 12.0. The molecule has 180 valence electrons. The maximum atomic E-state index is 13.9. The Labute approximate surface area is 207 Å². The van der Waals surface area contributed by atoms with Crippen molar-refractivity contribution >= 4 is 32.3 Å². The van der Waals surface area contributed by atoms with Crippen LogP contribution in [0.1, 0.15) is 41.3 Å². The van der Waals surface area contributed by atoms with Crippen molar-refractivity contribution in [1.29, 1.82) is 0 Å². The molecule has 0 bridgehead atoms. The quantitative estimate of drug-likeness (QED) is 0.357. The van der Waals surface area contributed by atoms with Gasteiger partial charge in [0.25, 0.3) is 5.56 Å². The molecule has 0 aliphatic carbocycles. The van der Waals surface area contributed by atoms with E-state index in [1.165, 1.54) is 29.5 Å². The predicted molar refractivity (Wildman–Crippen MR) is 141 cm³/mol. The summed E-state index contributed by atoms with van der Waals surface area (Å²) >= 11 is 1.43. The van der Waals surface area contributed by atoms with Gasteiger partial charge < -0.3 is 10.2 Å². The van der Waals surface area contributed by atoms with Gasteiger partial charge in [0.2, 0.25) is 0 Å². The van der Waals surface area contributed by atoms with Gasteiger partial charge in [-0.15, -0.1) is 0 Å². The van der Waals surface area contributed by atoms with Crippen molar-refractivity contribution in [2.45, 2.75) is 32.7 Å². The van der Waals surface area contributed by atoms with Gasteiger partial charge in [-0.05, 0) is 68.3 Å². The fourth-order valence-corrected chi connectivity index (χ4v) is 6.03. The number of fused-ring (bicyclic) bond motifs is 1. The number of pyridine rings is 1. The molecule has 1 saturated heterocycles. The Balaban J connectivity index is 1.65. The summed E-state index contributed by atoms with van der Waals surface area (Å²) in [5, 5.41) is 5.12. The van der Waals surface area contributed by atoms with Crippen molar-refractivity contribution in [2.24, 2.45) is 0 Å². The van der Waals surface area contributed by atoms with Crippen LogP contribution < -0.4 is 10.9 Å². The number of hydrogen-bond donors (Lipinski definition) is 1. The molecule has 5 nitrogen and oxygen atoms in total. The third kappa shape index (κ3) is 4.54. The minimum absolute atomic E-state index is 0.149. The highest BCUT2D eigenvalue weighted by molar-refractivity contribution is 7.23. The summed E-state index contributed by atoms with van der Waals surface area (Å²) in [6.45, 7) is 6.88. The first-order valence-corrected chi connectivity index (χ1v) is 12.8. The Morgan fingerprint density at radius 3 is 2.51 bits per heavy atom. The Bertz CT molecular complexity index is 1440. The van der Waals surface area contributed by atoms with Crippen LogP contribution in [0.4, 0.5) is 9.39 Å². The SMILES string of the molecule is CCN1CCC(Nc2sc3c(ccc(=O)n3-c3ccccc3)c2C(=O)c2ccc(F)c(C)c2)CC1. The van der Waals surface area contributed by atoms with Crippen molar-refractivity contribution in [3.63, 3.8) is 0 Å². The molecule has 2 aromatic carbocycles. The van der Waals surface area contributed by atoms with Gasteiger partial charge in [-0.2, -0.15) is 0 Å². The zero-order chi connectivity index (χ0) is 24.5. The second kappa shape index (κ2) is 9.76. The number of aromatic nitrogens is 1. The number of ketones is 1.